The summed E-state index contributed by atoms with van der Waals surface area (Å²) >= 11 is 0. The molecule has 1 atom stereocenters. The molecule has 0 unspecified atom stereocenters. The second-order valence-electron chi connectivity index (χ2n) is 6.20. The molecule has 118 valence electrons. The van der Waals surface area contributed by atoms with E-state index in [0.717, 1.165) is 12.8 Å². The van der Waals surface area contributed by atoms with E-state index in [-0.39, 0.29) is 11.7 Å². The number of hydrogen-bond acceptors (Lipinski definition) is 2. The minimum atomic E-state index is -0.105. The smallest absolute Gasteiger partial charge is 0.148 e. The highest BCUT2D eigenvalue weighted by Gasteiger charge is 2.45. The lowest BCUT2D eigenvalue weighted by Gasteiger charge is -2.33. The second kappa shape index (κ2) is 8.55. The Kier molecular flexibility index (Phi) is 6.72. The van der Waals surface area contributed by atoms with Crippen LogP contribution in [0.3, 0.4) is 0 Å². The second-order valence-corrected chi connectivity index (χ2v) is 6.20. The van der Waals surface area contributed by atoms with Crippen molar-refractivity contribution < 1.29 is 9.47 Å². The van der Waals surface area contributed by atoms with Gasteiger partial charge >= 0.3 is 0 Å². The van der Waals surface area contributed by atoms with Crippen LogP contribution in [-0.4, -0.2) is 12.4 Å². The monoisotopic (exact) mass is 290 g/mol. The molecule has 21 heavy (non-hydrogen) atoms. The average Bonchev–Trinajstić information content (AvgIpc) is 2.93. The topological polar surface area (TPSA) is 18.5 Å². The van der Waals surface area contributed by atoms with Gasteiger partial charge in [0.15, 0.2) is 0 Å². The summed E-state index contributed by atoms with van der Waals surface area (Å²) in [7, 11) is 0. The molecule has 0 spiro atoms. The Morgan fingerprint density at radius 3 is 2.14 bits per heavy atom. The molecule has 2 rings (SSSR count). The van der Waals surface area contributed by atoms with Gasteiger partial charge in [0.2, 0.25) is 0 Å². The molecule has 1 aromatic rings. The summed E-state index contributed by atoms with van der Waals surface area (Å²) in [6, 6.07) is 10.6. The number of hydrogen-bond donors (Lipinski definition) is 0. The van der Waals surface area contributed by atoms with Crippen molar-refractivity contribution in [2.24, 2.45) is 0 Å². The standard InChI is InChI=1S/C19H30O2/c1-3-5-10-14-19(15-11-6-4-2)18(20-16-21-19)17-12-8-7-9-13-17/h7-9,12-13,18H,3-6,10-11,14-16H2,1-2H3/t18-/m1/s1. The van der Waals surface area contributed by atoms with Crippen LogP contribution in [-0.2, 0) is 9.47 Å². The van der Waals surface area contributed by atoms with Crippen LogP contribution < -0.4 is 0 Å². The molecule has 0 saturated carbocycles. The maximum absolute atomic E-state index is 6.18. The molecule has 1 aliphatic heterocycles. The maximum atomic E-state index is 6.18. The highest BCUT2D eigenvalue weighted by atomic mass is 16.7. The quantitative estimate of drug-likeness (QED) is 0.549. The first-order valence-corrected chi connectivity index (χ1v) is 8.63. The van der Waals surface area contributed by atoms with Crippen LogP contribution in [0.2, 0.25) is 0 Å². The van der Waals surface area contributed by atoms with E-state index >= 15 is 0 Å². The van der Waals surface area contributed by atoms with Crippen LogP contribution in [0.5, 0.6) is 0 Å². The van der Waals surface area contributed by atoms with Gasteiger partial charge in [-0.15, -0.1) is 0 Å². The molecule has 1 saturated heterocycles. The fraction of sp³-hybridized carbons (Fsp3) is 0.684. The summed E-state index contributed by atoms with van der Waals surface area (Å²) < 4.78 is 12.2. The van der Waals surface area contributed by atoms with Gasteiger partial charge in [-0.25, -0.2) is 0 Å². The highest BCUT2D eigenvalue weighted by Crippen LogP contribution is 2.44. The van der Waals surface area contributed by atoms with Crippen LogP contribution in [0.15, 0.2) is 30.3 Å². The maximum Gasteiger partial charge on any atom is 0.148 e. The lowest BCUT2D eigenvalue weighted by atomic mass is 9.82. The minimum absolute atomic E-state index is 0.104. The van der Waals surface area contributed by atoms with Crippen LogP contribution in [0.1, 0.15) is 76.9 Å². The molecule has 1 heterocycles. The van der Waals surface area contributed by atoms with E-state index in [1.807, 2.05) is 0 Å². The normalized spacial score (nSPS) is 20.8. The highest BCUT2D eigenvalue weighted by molar-refractivity contribution is 5.21. The Hall–Kier alpha value is -0.860. The predicted octanol–water partition coefficient (Wildman–Crippen LogP) is 5.63. The molecule has 2 nitrogen and oxygen atoms in total. The molecule has 1 fully saturated rings. The zero-order chi connectivity index (χ0) is 15.0. The Bertz CT molecular complexity index is 378. The van der Waals surface area contributed by atoms with Crippen molar-refractivity contribution >= 4 is 0 Å². The van der Waals surface area contributed by atoms with Crippen molar-refractivity contribution in [3.05, 3.63) is 35.9 Å². The van der Waals surface area contributed by atoms with Gasteiger partial charge in [-0.05, 0) is 18.4 Å². The fourth-order valence-electron chi connectivity index (χ4n) is 3.35. The molecule has 0 N–H and O–H groups in total. The lowest BCUT2D eigenvalue weighted by Crippen LogP contribution is -2.34. The molecule has 0 bridgehead atoms. The van der Waals surface area contributed by atoms with Crippen molar-refractivity contribution in [2.75, 3.05) is 6.79 Å². The van der Waals surface area contributed by atoms with Gasteiger partial charge in [0.1, 0.15) is 18.5 Å². The number of unbranched alkanes of at least 4 members (excludes halogenated alkanes) is 4. The Balaban J connectivity index is 2.11. The van der Waals surface area contributed by atoms with Crippen LogP contribution in [0.4, 0.5) is 0 Å². The zero-order valence-electron chi connectivity index (χ0n) is 13.6. The molecule has 0 aliphatic carbocycles. The van der Waals surface area contributed by atoms with Gasteiger partial charge in [-0.2, -0.15) is 0 Å². The van der Waals surface area contributed by atoms with Crippen LogP contribution in [0, 0.1) is 0 Å². The van der Waals surface area contributed by atoms with E-state index in [1.165, 1.54) is 44.1 Å². The summed E-state index contributed by atoms with van der Waals surface area (Å²) in [4.78, 5) is 0. The number of rotatable bonds is 9. The average molecular weight is 290 g/mol. The van der Waals surface area contributed by atoms with Gasteiger partial charge in [0.25, 0.3) is 0 Å². The van der Waals surface area contributed by atoms with E-state index in [0.29, 0.717) is 6.79 Å². The Morgan fingerprint density at radius 1 is 0.952 bits per heavy atom. The van der Waals surface area contributed by atoms with E-state index in [1.54, 1.807) is 0 Å². The van der Waals surface area contributed by atoms with Crippen molar-refractivity contribution in [1.82, 2.24) is 0 Å². The SMILES string of the molecule is CCCCCC1(CCCCC)OCO[C@@H]1c1ccccc1. The Morgan fingerprint density at radius 2 is 1.57 bits per heavy atom. The molecule has 2 heteroatoms. The summed E-state index contributed by atoms with van der Waals surface area (Å²) in [5.74, 6) is 0. The summed E-state index contributed by atoms with van der Waals surface area (Å²) in [5.41, 5.74) is 1.16. The van der Waals surface area contributed by atoms with Crippen molar-refractivity contribution in [3.63, 3.8) is 0 Å². The molecule has 1 aliphatic rings. The summed E-state index contributed by atoms with van der Waals surface area (Å²) in [6.45, 7) is 4.95. The van der Waals surface area contributed by atoms with Crippen molar-refractivity contribution in [1.29, 1.82) is 0 Å². The predicted molar refractivity (Wildman–Crippen MR) is 87.2 cm³/mol. The van der Waals surface area contributed by atoms with Crippen molar-refractivity contribution in [3.8, 4) is 0 Å². The summed E-state index contributed by atoms with van der Waals surface area (Å²) in [6.07, 6.45) is 9.86. The molecule has 0 radical (unpaired) electrons. The van der Waals surface area contributed by atoms with E-state index in [9.17, 15) is 0 Å². The first-order valence-electron chi connectivity index (χ1n) is 8.63. The van der Waals surface area contributed by atoms with Gasteiger partial charge in [0, 0.05) is 0 Å². The number of benzene rings is 1. The lowest BCUT2D eigenvalue weighted by molar-refractivity contribution is -0.0259. The summed E-state index contributed by atoms with van der Waals surface area (Å²) in [5, 5.41) is 0. The van der Waals surface area contributed by atoms with Gasteiger partial charge in [-0.1, -0.05) is 82.7 Å². The van der Waals surface area contributed by atoms with E-state index in [2.05, 4.69) is 44.2 Å². The van der Waals surface area contributed by atoms with Crippen molar-refractivity contribution in [2.45, 2.75) is 76.9 Å². The minimum Gasteiger partial charge on any atom is -0.346 e. The molecule has 0 aromatic heterocycles. The number of ether oxygens (including phenoxy) is 2. The van der Waals surface area contributed by atoms with Gasteiger partial charge in [-0.3, -0.25) is 0 Å². The molecule has 1 aromatic carbocycles. The van der Waals surface area contributed by atoms with E-state index in [4.69, 9.17) is 9.47 Å². The third-order valence-corrected chi connectivity index (χ3v) is 4.57. The van der Waals surface area contributed by atoms with E-state index < -0.39 is 0 Å². The zero-order valence-corrected chi connectivity index (χ0v) is 13.6. The largest absolute Gasteiger partial charge is 0.346 e. The van der Waals surface area contributed by atoms with Crippen LogP contribution in [0.25, 0.3) is 0 Å². The fourth-order valence-corrected chi connectivity index (χ4v) is 3.35. The van der Waals surface area contributed by atoms with Gasteiger partial charge in [0.05, 0.1) is 0 Å². The molecular formula is C19H30O2. The Labute approximate surface area is 129 Å². The molecular weight excluding hydrogens is 260 g/mol. The third kappa shape index (κ3) is 4.31. The van der Waals surface area contributed by atoms with Crippen LogP contribution >= 0.6 is 0 Å². The van der Waals surface area contributed by atoms with Gasteiger partial charge < -0.3 is 9.47 Å². The molecule has 0 amide bonds. The first kappa shape index (κ1) is 16.5. The first-order chi connectivity index (χ1) is 10.3. The third-order valence-electron chi connectivity index (χ3n) is 4.57.